The smallest absolute Gasteiger partial charge is 0.191 e. The fourth-order valence-electron chi connectivity index (χ4n) is 2.91. The Bertz CT molecular complexity index is 558. The summed E-state index contributed by atoms with van der Waals surface area (Å²) in [5.74, 6) is 1.76. The maximum Gasteiger partial charge on any atom is 0.191 e. The summed E-state index contributed by atoms with van der Waals surface area (Å²) in [6.07, 6.45) is 0. The van der Waals surface area contributed by atoms with Crippen LogP contribution >= 0.6 is 24.0 Å². The monoisotopic (exact) mass is 490 g/mol. The highest BCUT2D eigenvalue weighted by molar-refractivity contribution is 14.0. The molecule has 1 heterocycles. The SMILES string of the molecule is CCNC(=NCC(C)(C)c1ccc(OC)cc1)NCCN1CCOCC1.I. The first-order valence-electron chi connectivity index (χ1n) is 9.52. The zero-order valence-electron chi connectivity index (χ0n) is 17.1. The summed E-state index contributed by atoms with van der Waals surface area (Å²) in [6, 6.07) is 8.25. The van der Waals surface area contributed by atoms with E-state index in [9.17, 15) is 0 Å². The van der Waals surface area contributed by atoms with Gasteiger partial charge in [-0.3, -0.25) is 9.89 Å². The molecule has 27 heavy (non-hydrogen) atoms. The Labute approximate surface area is 181 Å². The molecule has 1 fully saturated rings. The molecule has 0 saturated carbocycles. The summed E-state index contributed by atoms with van der Waals surface area (Å²) < 4.78 is 10.6. The molecule has 154 valence electrons. The van der Waals surface area contributed by atoms with Crippen LogP contribution in [-0.4, -0.2) is 70.5 Å². The van der Waals surface area contributed by atoms with Crippen LogP contribution in [-0.2, 0) is 10.2 Å². The van der Waals surface area contributed by atoms with Crippen LogP contribution in [0.3, 0.4) is 0 Å². The molecule has 0 bridgehead atoms. The zero-order valence-corrected chi connectivity index (χ0v) is 19.4. The number of rotatable bonds is 8. The van der Waals surface area contributed by atoms with E-state index >= 15 is 0 Å². The Hall–Kier alpha value is -1.06. The third-order valence-corrected chi connectivity index (χ3v) is 4.67. The molecular formula is C20H35IN4O2. The minimum absolute atomic E-state index is 0. The molecule has 7 heteroatoms. The lowest BCUT2D eigenvalue weighted by Crippen LogP contribution is -2.44. The van der Waals surface area contributed by atoms with Gasteiger partial charge in [0.1, 0.15) is 5.75 Å². The molecule has 1 aliphatic rings. The van der Waals surface area contributed by atoms with E-state index in [0.717, 1.165) is 57.6 Å². The number of hydrogen-bond donors (Lipinski definition) is 2. The van der Waals surface area contributed by atoms with Gasteiger partial charge in [0.15, 0.2) is 5.96 Å². The predicted octanol–water partition coefficient (Wildman–Crippen LogP) is 2.48. The fourth-order valence-corrected chi connectivity index (χ4v) is 2.91. The molecule has 1 saturated heterocycles. The molecule has 1 aromatic carbocycles. The van der Waals surface area contributed by atoms with Crippen LogP contribution in [0.25, 0.3) is 0 Å². The van der Waals surface area contributed by atoms with Crippen LogP contribution in [0, 0.1) is 0 Å². The molecule has 2 N–H and O–H groups in total. The molecule has 6 nitrogen and oxygen atoms in total. The van der Waals surface area contributed by atoms with Crippen LogP contribution in [0.15, 0.2) is 29.3 Å². The fraction of sp³-hybridized carbons (Fsp3) is 0.650. The molecule has 0 aliphatic carbocycles. The van der Waals surface area contributed by atoms with Gasteiger partial charge in [0.2, 0.25) is 0 Å². The van der Waals surface area contributed by atoms with E-state index in [1.165, 1.54) is 5.56 Å². The molecule has 0 atom stereocenters. The number of nitrogens with one attached hydrogen (secondary N) is 2. The number of guanidine groups is 1. The molecule has 0 amide bonds. The second-order valence-corrected chi connectivity index (χ2v) is 7.19. The normalized spacial score (nSPS) is 15.8. The average Bonchev–Trinajstić information content (AvgIpc) is 2.67. The zero-order chi connectivity index (χ0) is 18.8. The summed E-state index contributed by atoms with van der Waals surface area (Å²) in [7, 11) is 1.69. The van der Waals surface area contributed by atoms with Crippen LogP contribution < -0.4 is 15.4 Å². The second-order valence-electron chi connectivity index (χ2n) is 7.19. The van der Waals surface area contributed by atoms with Crippen molar-refractivity contribution < 1.29 is 9.47 Å². The summed E-state index contributed by atoms with van der Waals surface area (Å²) in [5.41, 5.74) is 1.21. The summed E-state index contributed by atoms with van der Waals surface area (Å²) >= 11 is 0. The van der Waals surface area contributed by atoms with E-state index in [-0.39, 0.29) is 29.4 Å². The van der Waals surface area contributed by atoms with Crippen molar-refractivity contribution in [2.45, 2.75) is 26.2 Å². The first kappa shape index (κ1) is 24.0. The highest BCUT2D eigenvalue weighted by Crippen LogP contribution is 2.25. The lowest BCUT2D eigenvalue weighted by molar-refractivity contribution is 0.0389. The molecule has 0 spiro atoms. The van der Waals surface area contributed by atoms with E-state index < -0.39 is 0 Å². The largest absolute Gasteiger partial charge is 0.497 e. The van der Waals surface area contributed by atoms with Crippen molar-refractivity contribution >= 4 is 29.9 Å². The van der Waals surface area contributed by atoms with Crippen molar-refractivity contribution in [3.63, 3.8) is 0 Å². The lowest BCUT2D eigenvalue weighted by Gasteiger charge is -2.27. The minimum Gasteiger partial charge on any atom is -0.497 e. The maximum absolute atomic E-state index is 5.39. The Morgan fingerprint density at radius 1 is 1.19 bits per heavy atom. The minimum atomic E-state index is -0.0428. The van der Waals surface area contributed by atoms with Gasteiger partial charge in [-0.2, -0.15) is 0 Å². The number of hydrogen-bond acceptors (Lipinski definition) is 4. The van der Waals surface area contributed by atoms with Gasteiger partial charge < -0.3 is 20.1 Å². The van der Waals surface area contributed by atoms with Gasteiger partial charge in [0.25, 0.3) is 0 Å². The van der Waals surface area contributed by atoms with Gasteiger partial charge in [-0.25, -0.2) is 0 Å². The van der Waals surface area contributed by atoms with Crippen LogP contribution in [0.4, 0.5) is 0 Å². The summed E-state index contributed by atoms with van der Waals surface area (Å²) in [5, 5.41) is 6.78. The van der Waals surface area contributed by atoms with Crippen molar-refractivity contribution in [3.05, 3.63) is 29.8 Å². The predicted molar refractivity (Wildman–Crippen MR) is 123 cm³/mol. The van der Waals surface area contributed by atoms with Gasteiger partial charge in [-0.1, -0.05) is 26.0 Å². The van der Waals surface area contributed by atoms with Gasteiger partial charge in [-0.05, 0) is 24.6 Å². The van der Waals surface area contributed by atoms with E-state index in [0.29, 0.717) is 6.54 Å². The van der Waals surface area contributed by atoms with Crippen LogP contribution in [0.1, 0.15) is 26.3 Å². The molecule has 0 aromatic heterocycles. The van der Waals surface area contributed by atoms with Gasteiger partial charge in [0, 0.05) is 38.1 Å². The molecule has 0 radical (unpaired) electrons. The number of ether oxygens (including phenoxy) is 2. The van der Waals surface area contributed by atoms with E-state index in [1.54, 1.807) is 7.11 Å². The quantitative estimate of drug-likeness (QED) is 0.333. The van der Waals surface area contributed by atoms with Gasteiger partial charge in [-0.15, -0.1) is 24.0 Å². The van der Waals surface area contributed by atoms with Crippen LogP contribution in [0.2, 0.25) is 0 Å². The second kappa shape index (κ2) is 12.4. The molecule has 2 rings (SSSR count). The molecule has 1 aromatic rings. The third kappa shape index (κ3) is 8.23. The topological polar surface area (TPSA) is 58.1 Å². The number of nitrogens with zero attached hydrogens (tertiary/aromatic N) is 2. The molecule has 0 unspecified atom stereocenters. The number of benzene rings is 1. The van der Waals surface area contributed by atoms with Gasteiger partial charge in [0.05, 0.1) is 26.9 Å². The lowest BCUT2D eigenvalue weighted by atomic mass is 9.85. The summed E-state index contributed by atoms with van der Waals surface area (Å²) in [4.78, 5) is 7.22. The molecule has 1 aliphatic heterocycles. The van der Waals surface area contributed by atoms with Crippen molar-refractivity contribution in [3.8, 4) is 5.75 Å². The average molecular weight is 490 g/mol. The number of morpholine rings is 1. The first-order valence-corrected chi connectivity index (χ1v) is 9.52. The Balaban J connectivity index is 0.00000364. The van der Waals surface area contributed by atoms with Crippen molar-refractivity contribution in [1.82, 2.24) is 15.5 Å². The van der Waals surface area contributed by atoms with Crippen molar-refractivity contribution in [2.75, 3.05) is 59.6 Å². The van der Waals surface area contributed by atoms with E-state index in [2.05, 4.69) is 48.4 Å². The standard InChI is InChI=1S/C20H34N4O2.HI/c1-5-21-19(22-10-11-24-12-14-26-15-13-24)23-16-20(2,3)17-6-8-18(25-4)9-7-17;/h6-9H,5,10-16H2,1-4H3,(H2,21,22,23);1H. The number of methoxy groups -OCH3 is 1. The Morgan fingerprint density at radius 3 is 2.44 bits per heavy atom. The van der Waals surface area contributed by atoms with E-state index in [4.69, 9.17) is 14.5 Å². The Morgan fingerprint density at radius 2 is 1.85 bits per heavy atom. The first-order chi connectivity index (χ1) is 12.5. The summed E-state index contributed by atoms with van der Waals surface area (Å²) in [6.45, 7) is 13.7. The Kier molecular flexibility index (Phi) is 11.0. The van der Waals surface area contributed by atoms with Gasteiger partial charge >= 0.3 is 0 Å². The molecular weight excluding hydrogens is 455 g/mol. The maximum atomic E-state index is 5.39. The highest BCUT2D eigenvalue weighted by atomic mass is 127. The third-order valence-electron chi connectivity index (χ3n) is 4.67. The van der Waals surface area contributed by atoms with E-state index in [1.807, 2.05) is 12.1 Å². The number of aliphatic imine (C=N–C) groups is 1. The van der Waals surface area contributed by atoms with Crippen molar-refractivity contribution in [1.29, 1.82) is 0 Å². The highest BCUT2D eigenvalue weighted by Gasteiger charge is 2.20. The van der Waals surface area contributed by atoms with Crippen LogP contribution in [0.5, 0.6) is 5.75 Å². The van der Waals surface area contributed by atoms with Crippen molar-refractivity contribution in [2.24, 2.45) is 4.99 Å². The number of halogens is 1.